The number of nitrogens with zero attached hydrogens (tertiary/aromatic N) is 1. The van der Waals surface area contributed by atoms with Crippen LogP contribution in [-0.4, -0.2) is 36.7 Å². The molecule has 0 bridgehead atoms. The number of rotatable bonds is 7. The average molecular weight is 291 g/mol. The molecule has 0 aromatic carbocycles. The molecule has 1 amide bonds. The van der Waals surface area contributed by atoms with Gasteiger partial charge in [0, 0.05) is 19.7 Å². The van der Waals surface area contributed by atoms with Crippen LogP contribution in [0.3, 0.4) is 0 Å². The maximum atomic E-state index is 12.0. The summed E-state index contributed by atoms with van der Waals surface area (Å²) in [5.74, 6) is -0.118. The van der Waals surface area contributed by atoms with Crippen molar-refractivity contribution in [2.24, 2.45) is 0 Å². The lowest BCUT2D eigenvalue weighted by Crippen LogP contribution is -2.29. The summed E-state index contributed by atoms with van der Waals surface area (Å²) in [4.78, 5) is 16.2. The van der Waals surface area contributed by atoms with E-state index >= 15 is 0 Å². The SMILES string of the molecule is CCCNc1ccc(C(=O)NCCC2CCCCO2)nc1. The highest BCUT2D eigenvalue weighted by Crippen LogP contribution is 2.14. The van der Waals surface area contributed by atoms with E-state index in [0.29, 0.717) is 18.3 Å². The van der Waals surface area contributed by atoms with Crippen LogP contribution in [0, 0.1) is 0 Å². The van der Waals surface area contributed by atoms with Gasteiger partial charge in [0.2, 0.25) is 0 Å². The zero-order chi connectivity index (χ0) is 14.9. The third-order valence-electron chi connectivity index (χ3n) is 3.60. The third kappa shape index (κ3) is 5.34. The molecular weight excluding hydrogens is 266 g/mol. The van der Waals surface area contributed by atoms with Gasteiger partial charge in [-0.2, -0.15) is 0 Å². The zero-order valence-corrected chi connectivity index (χ0v) is 12.7. The molecule has 1 unspecified atom stereocenters. The second kappa shape index (κ2) is 8.62. The molecule has 2 N–H and O–H groups in total. The summed E-state index contributed by atoms with van der Waals surface area (Å²) in [5, 5.41) is 6.14. The van der Waals surface area contributed by atoms with Crippen molar-refractivity contribution in [2.45, 2.75) is 45.1 Å². The van der Waals surface area contributed by atoms with Gasteiger partial charge in [-0.1, -0.05) is 6.92 Å². The maximum Gasteiger partial charge on any atom is 0.269 e. The standard InChI is InChI=1S/C16H25N3O2/c1-2-9-17-13-6-7-15(19-12-13)16(20)18-10-8-14-5-3-4-11-21-14/h6-7,12,14,17H,2-5,8-11H2,1H3,(H,18,20). The van der Waals surface area contributed by atoms with Crippen molar-refractivity contribution in [2.75, 3.05) is 25.0 Å². The van der Waals surface area contributed by atoms with Crippen LogP contribution < -0.4 is 10.6 Å². The van der Waals surface area contributed by atoms with Gasteiger partial charge in [0.15, 0.2) is 0 Å². The van der Waals surface area contributed by atoms with Crippen molar-refractivity contribution in [1.82, 2.24) is 10.3 Å². The number of nitrogens with one attached hydrogen (secondary N) is 2. The van der Waals surface area contributed by atoms with Gasteiger partial charge in [-0.25, -0.2) is 4.98 Å². The summed E-state index contributed by atoms with van der Waals surface area (Å²) < 4.78 is 5.64. The third-order valence-corrected chi connectivity index (χ3v) is 3.60. The quantitative estimate of drug-likeness (QED) is 0.810. The summed E-state index contributed by atoms with van der Waals surface area (Å²) in [6.45, 7) is 4.51. The Bertz CT molecular complexity index is 428. The van der Waals surface area contributed by atoms with Crippen LogP contribution in [0.2, 0.25) is 0 Å². The highest BCUT2D eigenvalue weighted by atomic mass is 16.5. The molecule has 1 aromatic rings. The van der Waals surface area contributed by atoms with Gasteiger partial charge in [0.05, 0.1) is 18.0 Å². The molecule has 1 saturated heterocycles. The number of anilines is 1. The highest BCUT2D eigenvalue weighted by molar-refractivity contribution is 5.92. The topological polar surface area (TPSA) is 63.2 Å². The van der Waals surface area contributed by atoms with Crippen LogP contribution in [0.5, 0.6) is 0 Å². The highest BCUT2D eigenvalue weighted by Gasteiger charge is 2.14. The van der Waals surface area contributed by atoms with Crippen LogP contribution in [0.1, 0.15) is 49.5 Å². The smallest absolute Gasteiger partial charge is 0.269 e. The summed E-state index contributed by atoms with van der Waals surface area (Å²) in [5.41, 5.74) is 1.41. The van der Waals surface area contributed by atoms with Gasteiger partial charge in [-0.3, -0.25) is 4.79 Å². The van der Waals surface area contributed by atoms with Gasteiger partial charge >= 0.3 is 0 Å². The van der Waals surface area contributed by atoms with Crippen molar-refractivity contribution < 1.29 is 9.53 Å². The van der Waals surface area contributed by atoms with Crippen molar-refractivity contribution in [3.05, 3.63) is 24.0 Å². The summed E-state index contributed by atoms with van der Waals surface area (Å²) in [7, 11) is 0. The minimum absolute atomic E-state index is 0.118. The minimum Gasteiger partial charge on any atom is -0.384 e. The molecule has 116 valence electrons. The molecule has 2 rings (SSSR count). The van der Waals surface area contributed by atoms with Gasteiger partial charge in [-0.05, 0) is 44.2 Å². The Labute approximate surface area is 126 Å². The lowest BCUT2D eigenvalue weighted by molar-refractivity contribution is 0.0117. The maximum absolute atomic E-state index is 12.0. The van der Waals surface area contributed by atoms with Crippen molar-refractivity contribution in [3.8, 4) is 0 Å². The predicted molar refractivity (Wildman–Crippen MR) is 83.6 cm³/mol. The van der Waals surface area contributed by atoms with E-state index in [1.807, 2.05) is 6.07 Å². The number of aromatic nitrogens is 1. The molecule has 1 aliphatic heterocycles. The Morgan fingerprint density at radius 3 is 2.95 bits per heavy atom. The predicted octanol–water partition coefficient (Wildman–Crippen LogP) is 2.59. The fourth-order valence-corrected chi connectivity index (χ4v) is 2.37. The Morgan fingerprint density at radius 1 is 1.38 bits per heavy atom. The zero-order valence-electron chi connectivity index (χ0n) is 12.7. The van der Waals surface area contributed by atoms with Gasteiger partial charge in [0.25, 0.3) is 5.91 Å². The fraction of sp³-hybridized carbons (Fsp3) is 0.625. The van der Waals surface area contributed by atoms with E-state index in [1.165, 1.54) is 6.42 Å². The molecule has 1 aromatic heterocycles. The van der Waals surface area contributed by atoms with Gasteiger partial charge in [-0.15, -0.1) is 0 Å². The first kappa shape index (κ1) is 15.8. The van der Waals surface area contributed by atoms with Crippen LogP contribution >= 0.6 is 0 Å². The minimum atomic E-state index is -0.118. The van der Waals surface area contributed by atoms with Gasteiger partial charge in [0.1, 0.15) is 5.69 Å². The monoisotopic (exact) mass is 291 g/mol. The number of carbonyl (C=O) groups is 1. The lowest BCUT2D eigenvalue weighted by Gasteiger charge is -2.22. The van der Waals surface area contributed by atoms with E-state index in [9.17, 15) is 4.79 Å². The summed E-state index contributed by atoms with van der Waals surface area (Å²) in [6.07, 6.45) is 7.43. The van der Waals surface area contributed by atoms with E-state index < -0.39 is 0 Å². The summed E-state index contributed by atoms with van der Waals surface area (Å²) in [6, 6.07) is 3.65. The number of carbonyl (C=O) groups excluding carboxylic acids is 1. The number of hydrogen-bond acceptors (Lipinski definition) is 4. The molecule has 1 aliphatic rings. The molecule has 2 heterocycles. The van der Waals surface area contributed by atoms with Crippen molar-refractivity contribution >= 4 is 11.6 Å². The fourth-order valence-electron chi connectivity index (χ4n) is 2.37. The number of ether oxygens (including phenoxy) is 1. The molecule has 1 atom stereocenters. The molecule has 0 saturated carbocycles. The average Bonchev–Trinajstić information content (AvgIpc) is 2.54. The van der Waals surface area contributed by atoms with Gasteiger partial charge < -0.3 is 15.4 Å². The molecule has 5 heteroatoms. The second-order valence-electron chi connectivity index (χ2n) is 5.39. The van der Waals surface area contributed by atoms with Crippen LogP contribution in [0.15, 0.2) is 18.3 Å². The first-order valence-electron chi connectivity index (χ1n) is 7.89. The lowest BCUT2D eigenvalue weighted by atomic mass is 10.1. The van der Waals surface area contributed by atoms with Crippen LogP contribution in [-0.2, 0) is 4.74 Å². The van der Waals surface area contributed by atoms with Crippen molar-refractivity contribution in [3.63, 3.8) is 0 Å². The molecule has 1 fully saturated rings. The summed E-state index contributed by atoms with van der Waals surface area (Å²) >= 11 is 0. The normalized spacial score (nSPS) is 18.2. The Hall–Kier alpha value is -1.62. The van der Waals surface area contributed by atoms with Crippen LogP contribution in [0.25, 0.3) is 0 Å². The largest absolute Gasteiger partial charge is 0.384 e. The molecule has 21 heavy (non-hydrogen) atoms. The van der Waals surface area contributed by atoms with E-state index in [4.69, 9.17) is 4.74 Å². The number of pyridine rings is 1. The second-order valence-corrected chi connectivity index (χ2v) is 5.39. The Morgan fingerprint density at radius 2 is 2.29 bits per heavy atom. The first-order valence-corrected chi connectivity index (χ1v) is 7.89. The molecule has 0 spiro atoms. The number of amides is 1. The first-order chi connectivity index (χ1) is 10.3. The van der Waals surface area contributed by atoms with Crippen molar-refractivity contribution in [1.29, 1.82) is 0 Å². The molecule has 0 radical (unpaired) electrons. The Balaban J connectivity index is 1.72. The van der Waals surface area contributed by atoms with E-state index in [2.05, 4.69) is 22.5 Å². The number of hydrogen-bond donors (Lipinski definition) is 2. The van der Waals surface area contributed by atoms with Crippen LogP contribution in [0.4, 0.5) is 5.69 Å². The molecule has 0 aliphatic carbocycles. The van der Waals surface area contributed by atoms with E-state index in [0.717, 1.165) is 44.5 Å². The molecular formula is C16H25N3O2. The Kier molecular flexibility index (Phi) is 6.47. The van der Waals surface area contributed by atoms with E-state index in [-0.39, 0.29) is 5.91 Å². The molecule has 5 nitrogen and oxygen atoms in total. The van der Waals surface area contributed by atoms with E-state index in [1.54, 1.807) is 12.3 Å².